The molecule has 0 atom stereocenters. The van der Waals surface area contributed by atoms with Crippen molar-refractivity contribution in [3.05, 3.63) is 83.9 Å². The smallest absolute Gasteiger partial charge is 0.257 e. The number of hydrogen-bond donors (Lipinski definition) is 2. The van der Waals surface area contributed by atoms with Gasteiger partial charge in [-0.3, -0.25) is 9.78 Å². The van der Waals surface area contributed by atoms with Gasteiger partial charge >= 0.3 is 0 Å². The molecule has 0 aliphatic heterocycles. The number of halogens is 1. The number of carbonyl (C=O) groups is 1. The van der Waals surface area contributed by atoms with Crippen LogP contribution >= 0.6 is 0 Å². The maximum absolute atomic E-state index is 13.6. The van der Waals surface area contributed by atoms with E-state index in [2.05, 4.69) is 15.6 Å². The molecule has 0 aliphatic carbocycles. The first kappa shape index (κ1) is 15.7. The quantitative estimate of drug-likeness (QED) is 0.742. The molecule has 0 fully saturated rings. The van der Waals surface area contributed by atoms with Crippen LogP contribution in [0, 0.1) is 12.7 Å². The van der Waals surface area contributed by atoms with Crippen LogP contribution in [0.4, 0.5) is 21.5 Å². The topological polar surface area (TPSA) is 54.0 Å². The largest absolute Gasteiger partial charge is 0.354 e. The third-order valence-corrected chi connectivity index (χ3v) is 3.55. The Morgan fingerprint density at radius 3 is 2.46 bits per heavy atom. The molecule has 0 saturated heterocycles. The normalized spacial score (nSPS) is 10.2. The molecule has 2 N–H and O–H groups in total. The molecular weight excluding hydrogens is 305 g/mol. The van der Waals surface area contributed by atoms with E-state index in [0.717, 1.165) is 11.3 Å². The number of amides is 1. The van der Waals surface area contributed by atoms with Crippen molar-refractivity contribution in [2.24, 2.45) is 0 Å². The number of rotatable bonds is 4. The number of aryl methyl sites for hydroxylation is 1. The van der Waals surface area contributed by atoms with Crippen LogP contribution in [0.2, 0.25) is 0 Å². The van der Waals surface area contributed by atoms with E-state index in [1.807, 2.05) is 31.2 Å². The first-order valence-electron chi connectivity index (χ1n) is 7.47. The van der Waals surface area contributed by atoms with Crippen LogP contribution in [0.15, 0.2) is 67.0 Å². The van der Waals surface area contributed by atoms with Crippen LogP contribution in [0.25, 0.3) is 0 Å². The van der Waals surface area contributed by atoms with Crippen molar-refractivity contribution >= 4 is 23.0 Å². The third kappa shape index (κ3) is 3.57. The van der Waals surface area contributed by atoms with Crippen molar-refractivity contribution < 1.29 is 9.18 Å². The second-order valence-electron chi connectivity index (χ2n) is 5.34. The van der Waals surface area contributed by atoms with E-state index in [0.29, 0.717) is 11.3 Å². The van der Waals surface area contributed by atoms with Crippen LogP contribution in [0.3, 0.4) is 0 Å². The van der Waals surface area contributed by atoms with Gasteiger partial charge in [0.25, 0.3) is 5.91 Å². The van der Waals surface area contributed by atoms with Gasteiger partial charge in [0.05, 0.1) is 23.1 Å². The molecule has 4 nitrogen and oxygen atoms in total. The van der Waals surface area contributed by atoms with Crippen molar-refractivity contribution in [1.29, 1.82) is 0 Å². The highest BCUT2D eigenvalue weighted by atomic mass is 19.1. The first-order chi connectivity index (χ1) is 11.6. The summed E-state index contributed by atoms with van der Waals surface area (Å²) >= 11 is 0. The molecule has 0 radical (unpaired) electrons. The van der Waals surface area contributed by atoms with Crippen LogP contribution in [0.5, 0.6) is 0 Å². The molecular formula is C19H16FN3O. The Bertz CT molecular complexity index is 880. The van der Waals surface area contributed by atoms with Gasteiger partial charge in [-0.15, -0.1) is 0 Å². The van der Waals surface area contributed by atoms with Crippen molar-refractivity contribution in [1.82, 2.24) is 4.98 Å². The molecule has 0 bridgehead atoms. The number of carbonyl (C=O) groups excluding carboxylic acids is 1. The van der Waals surface area contributed by atoms with Crippen LogP contribution < -0.4 is 10.6 Å². The molecule has 0 saturated carbocycles. The SMILES string of the molecule is Cc1ccccc1Nc1cncc(C(=O)Nc2ccccc2F)c1. The Balaban J connectivity index is 1.79. The summed E-state index contributed by atoms with van der Waals surface area (Å²) in [5.74, 6) is -0.894. The highest BCUT2D eigenvalue weighted by Gasteiger charge is 2.10. The highest BCUT2D eigenvalue weighted by molar-refractivity contribution is 6.04. The molecule has 3 aromatic rings. The van der Waals surface area contributed by atoms with Crippen LogP contribution in [0.1, 0.15) is 15.9 Å². The van der Waals surface area contributed by atoms with E-state index in [4.69, 9.17) is 0 Å². The molecule has 24 heavy (non-hydrogen) atoms. The molecule has 2 aromatic carbocycles. The van der Waals surface area contributed by atoms with Crippen molar-refractivity contribution in [2.45, 2.75) is 6.92 Å². The van der Waals surface area contributed by atoms with E-state index >= 15 is 0 Å². The number of aromatic nitrogens is 1. The van der Waals surface area contributed by atoms with Gasteiger partial charge in [0.15, 0.2) is 0 Å². The van der Waals surface area contributed by atoms with Gasteiger partial charge < -0.3 is 10.6 Å². The summed E-state index contributed by atoms with van der Waals surface area (Å²) in [6, 6.07) is 15.5. The third-order valence-electron chi connectivity index (χ3n) is 3.55. The average molecular weight is 321 g/mol. The fraction of sp³-hybridized carbons (Fsp3) is 0.0526. The lowest BCUT2D eigenvalue weighted by Crippen LogP contribution is -2.13. The minimum atomic E-state index is -0.479. The number of pyridine rings is 1. The Morgan fingerprint density at radius 2 is 1.71 bits per heavy atom. The average Bonchev–Trinajstić information content (AvgIpc) is 2.59. The molecule has 3 rings (SSSR count). The summed E-state index contributed by atoms with van der Waals surface area (Å²) < 4.78 is 13.6. The fourth-order valence-corrected chi connectivity index (χ4v) is 2.26. The second kappa shape index (κ2) is 6.91. The molecule has 1 heterocycles. The van der Waals surface area contributed by atoms with E-state index in [1.54, 1.807) is 24.4 Å². The minimum Gasteiger partial charge on any atom is -0.354 e. The van der Waals surface area contributed by atoms with Gasteiger partial charge in [-0.25, -0.2) is 4.39 Å². The van der Waals surface area contributed by atoms with Gasteiger partial charge in [0, 0.05) is 11.9 Å². The molecule has 1 aromatic heterocycles. The summed E-state index contributed by atoms with van der Waals surface area (Å²) in [5.41, 5.74) is 3.19. The van der Waals surface area contributed by atoms with E-state index in [-0.39, 0.29) is 5.69 Å². The van der Waals surface area contributed by atoms with Crippen LogP contribution in [-0.2, 0) is 0 Å². The standard InChI is InChI=1S/C19H16FN3O/c1-13-6-2-4-8-17(13)22-15-10-14(11-21-12-15)19(24)23-18-9-5-3-7-16(18)20/h2-12,22H,1H3,(H,23,24). The summed E-state index contributed by atoms with van der Waals surface area (Å²) in [6.45, 7) is 1.99. The lowest BCUT2D eigenvalue weighted by Gasteiger charge is -2.10. The first-order valence-corrected chi connectivity index (χ1v) is 7.47. The number of nitrogens with zero attached hydrogens (tertiary/aromatic N) is 1. The van der Waals surface area contributed by atoms with E-state index in [1.165, 1.54) is 18.3 Å². The Labute approximate surface area is 139 Å². The van der Waals surface area contributed by atoms with Gasteiger partial charge in [0.2, 0.25) is 0 Å². The monoisotopic (exact) mass is 321 g/mol. The van der Waals surface area contributed by atoms with Gasteiger partial charge in [-0.2, -0.15) is 0 Å². The number of nitrogens with one attached hydrogen (secondary N) is 2. The Morgan fingerprint density at radius 1 is 1.00 bits per heavy atom. The molecule has 120 valence electrons. The predicted octanol–water partition coefficient (Wildman–Crippen LogP) is 4.53. The number of anilines is 3. The van der Waals surface area contributed by atoms with Gasteiger partial charge in [0.1, 0.15) is 5.82 Å². The van der Waals surface area contributed by atoms with E-state index in [9.17, 15) is 9.18 Å². The second-order valence-corrected chi connectivity index (χ2v) is 5.34. The maximum Gasteiger partial charge on any atom is 0.257 e. The zero-order valence-corrected chi connectivity index (χ0v) is 13.1. The lowest BCUT2D eigenvalue weighted by atomic mass is 10.2. The van der Waals surface area contributed by atoms with Gasteiger partial charge in [-0.1, -0.05) is 30.3 Å². The van der Waals surface area contributed by atoms with Gasteiger partial charge in [-0.05, 0) is 36.8 Å². The number of para-hydroxylation sites is 2. The Hall–Kier alpha value is -3.21. The van der Waals surface area contributed by atoms with E-state index < -0.39 is 11.7 Å². The molecule has 0 unspecified atom stereocenters. The molecule has 1 amide bonds. The lowest BCUT2D eigenvalue weighted by molar-refractivity contribution is 0.102. The number of benzene rings is 2. The minimum absolute atomic E-state index is 0.139. The van der Waals surface area contributed by atoms with Crippen molar-refractivity contribution in [3.8, 4) is 0 Å². The number of hydrogen-bond acceptors (Lipinski definition) is 3. The summed E-state index contributed by atoms with van der Waals surface area (Å²) in [5, 5.41) is 5.77. The molecule has 0 spiro atoms. The van der Waals surface area contributed by atoms with Crippen molar-refractivity contribution in [2.75, 3.05) is 10.6 Å². The summed E-state index contributed by atoms with van der Waals surface area (Å²) in [6.07, 6.45) is 3.07. The summed E-state index contributed by atoms with van der Waals surface area (Å²) in [4.78, 5) is 16.4. The zero-order valence-electron chi connectivity index (χ0n) is 13.1. The fourth-order valence-electron chi connectivity index (χ4n) is 2.26. The highest BCUT2D eigenvalue weighted by Crippen LogP contribution is 2.21. The maximum atomic E-state index is 13.6. The van der Waals surface area contributed by atoms with Crippen LogP contribution in [-0.4, -0.2) is 10.9 Å². The molecule has 0 aliphatic rings. The Kier molecular flexibility index (Phi) is 4.52. The summed E-state index contributed by atoms with van der Waals surface area (Å²) in [7, 11) is 0. The predicted molar refractivity (Wildman–Crippen MR) is 93.1 cm³/mol. The van der Waals surface area contributed by atoms with Crippen molar-refractivity contribution in [3.63, 3.8) is 0 Å². The zero-order chi connectivity index (χ0) is 16.9. The molecule has 5 heteroatoms.